The second-order valence-corrected chi connectivity index (χ2v) is 5.18. The third-order valence-electron chi connectivity index (χ3n) is 2.57. The first-order chi connectivity index (χ1) is 7.04. The lowest BCUT2D eigenvalue weighted by Crippen LogP contribution is -2.42. The number of hydrogen-bond donors (Lipinski definition) is 1. The van der Waals surface area contributed by atoms with E-state index in [0.29, 0.717) is 6.10 Å². The van der Waals surface area contributed by atoms with Gasteiger partial charge in [-0.3, -0.25) is 0 Å². The molecule has 0 radical (unpaired) electrons. The topological polar surface area (TPSA) is 21.3 Å². The predicted molar refractivity (Wildman–Crippen MR) is 62.3 cm³/mol. The Balaban J connectivity index is 1.91. The van der Waals surface area contributed by atoms with E-state index in [4.69, 9.17) is 4.74 Å². The Morgan fingerprint density at radius 2 is 2.07 bits per heavy atom. The Morgan fingerprint density at radius 3 is 2.73 bits per heavy atom. The third-order valence-corrected chi connectivity index (χ3v) is 2.57. The number of fused-ring (bicyclic) bond motifs is 1. The SMILES string of the molecule is CC(C)(C)NCC1Cc2ccccc2O1. The van der Waals surface area contributed by atoms with Gasteiger partial charge in [-0.05, 0) is 32.4 Å². The van der Waals surface area contributed by atoms with Crippen LogP contribution in [0.25, 0.3) is 0 Å². The van der Waals surface area contributed by atoms with Crippen molar-refractivity contribution in [2.75, 3.05) is 6.54 Å². The average molecular weight is 205 g/mol. The highest BCUT2D eigenvalue weighted by molar-refractivity contribution is 5.37. The quantitative estimate of drug-likeness (QED) is 0.800. The lowest BCUT2D eigenvalue weighted by atomic mass is 10.1. The summed E-state index contributed by atoms with van der Waals surface area (Å²) in [7, 11) is 0. The van der Waals surface area contributed by atoms with E-state index in [0.717, 1.165) is 18.7 Å². The largest absolute Gasteiger partial charge is 0.488 e. The summed E-state index contributed by atoms with van der Waals surface area (Å²) in [4.78, 5) is 0. The Bertz CT molecular complexity index is 316. The zero-order chi connectivity index (χ0) is 10.9. The highest BCUT2D eigenvalue weighted by Gasteiger charge is 2.23. The minimum Gasteiger partial charge on any atom is -0.488 e. The van der Waals surface area contributed by atoms with Crippen LogP contribution in [0.15, 0.2) is 24.3 Å². The zero-order valence-electron chi connectivity index (χ0n) is 9.71. The predicted octanol–water partition coefficient (Wildman–Crippen LogP) is 2.38. The molecular weight excluding hydrogens is 186 g/mol. The van der Waals surface area contributed by atoms with E-state index < -0.39 is 0 Å². The van der Waals surface area contributed by atoms with Crippen LogP contribution in [0.2, 0.25) is 0 Å². The van der Waals surface area contributed by atoms with Crippen molar-refractivity contribution >= 4 is 0 Å². The summed E-state index contributed by atoms with van der Waals surface area (Å²) in [5.41, 5.74) is 1.50. The van der Waals surface area contributed by atoms with Gasteiger partial charge in [0.15, 0.2) is 0 Å². The number of benzene rings is 1. The molecule has 0 amide bonds. The fourth-order valence-electron chi connectivity index (χ4n) is 1.79. The van der Waals surface area contributed by atoms with Gasteiger partial charge in [0.2, 0.25) is 0 Å². The molecule has 1 atom stereocenters. The maximum Gasteiger partial charge on any atom is 0.123 e. The van der Waals surface area contributed by atoms with Crippen molar-refractivity contribution in [1.29, 1.82) is 0 Å². The monoisotopic (exact) mass is 205 g/mol. The van der Waals surface area contributed by atoms with E-state index in [1.54, 1.807) is 0 Å². The Hall–Kier alpha value is -1.02. The van der Waals surface area contributed by atoms with Crippen LogP contribution < -0.4 is 10.1 Å². The minimum absolute atomic E-state index is 0.165. The summed E-state index contributed by atoms with van der Waals surface area (Å²) in [5, 5.41) is 3.47. The second-order valence-electron chi connectivity index (χ2n) is 5.18. The summed E-state index contributed by atoms with van der Waals surface area (Å²) in [6.07, 6.45) is 1.32. The molecule has 2 heteroatoms. The maximum atomic E-state index is 5.84. The van der Waals surface area contributed by atoms with Crippen LogP contribution >= 0.6 is 0 Å². The number of rotatable bonds is 2. The van der Waals surface area contributed by atoms with Crippen molar-refractivity contribution in [3.05, 3.63) is 29.8 Å². The van der Waals surface area contributed by atoms with Gasteiger partial charge in [-0.1, -0.05) is 18.2 Å². The molecule has 0 spiro atoms. The molecule has 0 fully saturated rings. The summed E-state index contributed by atoms with van der Waals surface area (Å²) in [5.74, 6) is 1.05. The van der Waals surface area contributed by atoms with Gasteiger partial charge in [0, 0.05) is 18.5 Å². The van der Waals surface area contributed by atoms with Crippen molar-refractivity contribution in [2.45, 2.75) is 38.8 Å². The first-order valence-corrected chi connectivity index (χ1v) is 5.54. The van der Waals surface area contributed by atoms with E-state index in [1.165, 1.54) is 5.56 Å². The van der Waals surface area contributed by atoms with Gasteiger partial charge in [-0.15, -0.1) is 0 Å². The molecule has 2 rings (SSSR count). The van der Waals surface area contributed by atoms with Crippen molar-refractivity contribution in [3.8, 4) is 5.75 Å². The molecule has 1 unspecified atom stereocenters. The Morgan fingerprint density at radius 1 is 1.33 bits per heavy atom. The van der Waals surface area contributed by atoms with E-state index in [-0.39, 0.29) is 5.54 Å². The van der Waals surface area contributed by atoms with Crippen LogP contribution in [0, 0.1) is 0 Å². The molecule has 82 valence electrons. The van der Waals surface area contributed by atoms with Crippen LogP contribution in [0.1, 0.15) is 26.3 Å². The van der Waals surface area contributed by atoms with Gasteiger partial charge in [0.1, 0.15) is 11.9 Å². The van der Waals surface area contributed by atoms with Crippen molar-refractivity contribution in [3.63, 3.8) is 0 Å². The van der Waals surface area contributed by atoms with Crippen LogP contribution in [0.3, 0.4) is 0 Å². The van der Waals surface area contributed by atoms with Crippen molar-refractivity contribution in [1.82, 2.24) is 5.32 Å². The number of nitrogens with one attached hydrogen (secondary N) is 1. The summed E-state index contributed by atoms with van der Waals surface area (Å²) in [6, 6.07) is 8.29. The number of hydrogen-bond acceptors (Lipinski definition) is 2. The van der Waals surface area contributed by atoms with Crippen LogP contribution in [0.5, 0.6) is 5.75 Å². The van der Waals surface area contributed by atoms with Gasteiger partial charge >= 0.3 is 0 Å². The molecule has 0 saturated heterocycles. The van der Waals surface area contributed by atoms with E-state index >= 15 is 0 Å². The Labute approximate surface area is 91.6 Å². The summed E-state index contributed by atoms with van der Waals surface area (Å²) >= 11 is 0. The van der Waals surface area contributed by atoms with Crippen molar-refractivity contribution < 1.29 is 4.74 Å². The van der Waals surface area contributed by atoms with E-state index in [2.05, 4.69) is 38.2 Å². The zero-order valence-corrected chi connectivity index (χ0v) is 9.71. The van der Waals surface area contributed by atoms with Gasteiger partial charge in [0.25, 0.3) is 0 Å². The van der Waals surface area contributed by atoms with Gasteiger partial charge in [-0.2, -0.15) is 0 Å². The molecule has 1 aromatic carbocycles. The number of ether oxygens (including phenoxy) is 1. The van der Waals surface area contributed by atoms with E-state index in [1.807, 2.05) is 12.1 Å². The molecule has 1 aliphatic heterocycles. The molecule has 1 heterocycles. The standard InChI is InChI=1S/C13H19NO/c1-13(2,3)14-9-11-8-10-6-4-5-7-12(10)15-11/h4-7,11,14H,8-9H2,1-3H3. The molecule has 1 aliphatic rings. The fraction of sp³-hybridized carbons (Fsp3) is 0.538. The van der Waals surface area contributed by atoms with Crippen LogP contribution in [-0.2, 0) is 6.42 Å². The highest BCUT2D eigenvalue weighted by atomic mass is 16.5. The Kier molecular flexibility index (Phi) is 2.70. The molecule has 0 aliphatic carbocycles. The van der Waals surface area contributed by atoms with Crippen molar-refractivity contribution in [2.24, 2.45) is 0 Å². The summed E-state index contributed by atoms with van der Waals surface area (Å²) < 4.78 is 5.84. The normalized spacial score (nSPS) is 19.8. The van der Waals surface area contributed by atoms with Gasteiger partial charge in [0.05, 0.1) is 0 Å². The van der Waals surface area contributed by atoms with Crippen LogP contribution in [0.4, 0.5) is 0 Å². The van der Waals surface area contributed by atoms with Crippen LogP contribution in [-0.4, -0.2) is 18.2 Å². The number of para-hydroxylation sites is 1. The summed E-state index contributed by atoms with van der Waals surface area (Å²) in [6.45, 7) is 7.44. The highest BCUT2D eigenvalue weighted by Crippen LogP contribution is 2.27. The second kappa shape index (κ2) is 3.86. The molecule has 0 bridgehead atoms. The van der Waals surface area contributed by atoms with Gasteiger partial charge < -0.3 is 10.1 Å². The molecule has 0 saturated carbocycles. The smallest absolute Gasteiger partial charge is 0.123 e. The molecule has 15 heavy (non-hydrogen) atoms. The molecule has 2 nitrogen and oxygen atoms in total. The van der Waals surface area contributed by atoms with Gasteiger partial charge in [-0.25, -0.2) is 0 Å². The fourth-order valence-corrected chi connectivity index (χ4v) is 1.79. The molecule has 1 N–H and O–H groups in total. The third kappa shape index (κ3) is 2.72. The first-order valence-electron chi connectivity index (χ1n) is 5.54. The lowest BCUT2D eigenvalue weighted by molar-refractivity contribution is 0.212. The average Bonchev–Trinajstić information content (AvgIpc) is 2.56. The molecule has 0 aromatic heterocycles. The molecular formula is C13H19NO. The minimum atomic E-state index is 0.165. The molecule has 1 aromatic rings. The lowest BCUT2D eigenvalue weighted by Gasteiger charge is -2.22. The van der Waals surface area contributed by atoms with E-state index in [9.17, 15) is 0 Å². The first kappa shape index (κ1) is 10.5. The maximum absolute atomic E-state index is 5.84.